The van der Waals surface area contributed by atoms with Gasteiger partial charge in [-0.15, -0.1) is 0 Å². The number of phenolic OH excluding ortho intramolecular Hbond substituents is 1. The number of aromatic hydroxyl groups is 1. The van der Waals surface area contributed by atoms with E-state index in [1.165, 1.54) is 18.2 Å². The first-order chi connectivity index (χ1) is 20.0. The van der Waals surface area contributed by atoms with Crippen LogP contribution in [-0.2, 0) is 23.2 Å². The minimum absolute atomic E-state index is 0.0613. The molecule has 0 radical (unpaired) electrons. The predicted molar refractivity (Wildman–Crippen MR) is 154 cm³/mol. The molecular weight excluding hydrogens is 540 g/mol. The van der Waals surface area contributed by atoms with E-state index in [-0.39, 0.29) is 48.0 Å². The number of carbonyl (C=O) groups is 2. The zero-order chi connectivity index (χ0) is 29.8. The monoisotopic (exact) mass is 575 g/mol. The summed E-state index contributed by atoms with van der Waals surface area (Å²) in [4.78, 5) is 37.4. The summed E-state index contributed by atoms with van der Waals surface area (Å²) in [5.74, 6) is -1.23. The Kier molecular flexibility index (Phi) is 7.22. The summed E-state index contributed by atoms with van der Waals surface area (Å²) < 4.78 is 27.8. The average Bonchev–Trinajstić information content (AvgIpc) is 3.38. The van der Waals surface area contributed by atoms with Crippen LogP contribution in [0.15, 0.2) is 48.7 Å². The minimum Gasteiger partial charge on any atom is -0.508 e. The molecule has 6 rings (SSSR count). The molecule has 3 aromatic rings. The van der Waals surface area contributed by atoms with Gasteiger partial charge in [0.15, 0.2) is 0 Å². The van der Waals surface area contributed by atoms with Crippen molar-refractivity contribution in [2.45, 2.75) is 51.2 Å². The summed E-state index contributed by atoms with van der Waals surface area (Å²) in [5, 5.41) is 13.3. The largest absolute Gasteiger partial charge is 0.508 e. The van der Waals surface area contributed by atoms with Crippen LogP contribution >= 0.6 is 0 Å². The van der Waals surface area contributed by atoms with Crippen molar-refractivity contribution >= 4 is 17.5 Å². The van der Waals surface area contributed by atoms with E-state index in [0.29, 0.717) is 43.9 Å². The number of rotatable bonds is 6. The molecule has 4 heterocycles. The van der Waals surface area contributed by atoms with Crippen molar-refractivity contribution in [1.82, 2.24) is 20.1 Å². The van der Waals surface area contributed by atoms with Gasteiger partial charge >= 0.3 is 0 Å². The lowest BCUT2D eigenvalue weighted by atomic mass is 9.91. The number of phenols is 1. The molecule has 2 aromatic carbocycles. The summed E-state index contributed by atoms with van der Waals surface area (Å²) in [6, 6.07) is 10.4. The van der Waals surface area contributed by atoms with Crippen LogP contribution in [0.2, 0.25) is 0 Å². The number of anilines is 1. The molecule has 2 atom stereocenters. The van der Waals surface area contributed by atoms with Crippen LogP contribution in [0, 0.1) is 11.6 Å². The van der Waals surface area contributed by atoms with Crippen LogP contribution in [0.4, 0.5) is 14.5 Å². The number of fused-ring (bicyclic) bond motifs is 2. The van der Waals surface area contributed by atoms with E-state index in [4.69, 9.17) is 0 Å². The lowest BCUT2D eigenvalue weighted by Gasteiger charge is -2.41. The molecule has 3 aliphatic rings. The van der Waals surface area contributed by atoms with E-state index in [1.54, 1.807) is 28.1 Å². The molecule has 220 valence electrons. The molecule has 1 saturated heterocycles. The Morgan fingerprint density at radius 3 is 2.76 bits per heavy atom. The van der Waals surface area contributed by atoms with Crippen LogP contribution in [0.5, 0.6) is 5.75 Å². The van der Waals surface area contributed by atoms with Gasteiger partial charge in [-0.25, -0.2) is 8.78 Å². The van der Waals surface area contributed by atoms with Crippen molar-refractivity contribution < 1.29 is 23.5 Å². The highest BCUT2D eigenvalue weighted by molar-refractivity contribution is 5.99. The molecule has 0 unspecified atom stereocenters. The quantitative estimate of drug-likeness (QED) is 0.467. The van der Waals surface area contributed by atoms with Crippen molar-refractivity contribution in [3.63, 3.8) is 0 Å². The molecule has 0 bridgehead atoms. The second-order valence-corrected chi connectivity index (χ2v) is 12.4. The standard InChI is InChI=1S/C32H35F2N5O3/c1-19-14-37(24(13-35-19)16-38-15-22-10-25(40)6-7-26(22)31(38)42)17-29(41)39-18-32(2,3)30-28(39)9-20(12-36-30)8-21-4-5-23(33)11-27(21)34/h4-7,9-12,19,24,35,40H,8,13-18H2,1-3H3/t19-,24-/m1/s1. The zero-order valence-electron chi connectivity index (χ0n) is 24.0. The Labute approximate surface area is 243 Å². The van der Waals surface area contributed by atoms with Gasteiger partial charge in [0.25, 0.3) is 5.91 Å². The third kappa shape index (κ3) is 5.36. The Morgan fingerprint density at radius 2 is 1.98 bits per heavy atom. The number of pyridine rings is 1. The first-order valence-corrected chi connectivity index (χ1v) is 14.3. The van der Waals surface area contributed by atoms with E-state index in [0.717, 1.165) is 28.6 Å². The topological polar surface area (TPSA) is 89.0 Å². The maximum atomic E-state index is 14.4. The van der Waals surface area contributed by atoms with Crippen molar-refractivity contribution in [3.8, 4) is 5.75 Å². The number of nitrogens with zero attached hydrogens (tertiary/aromatic N) is 4. The number of halogens is 2. The molecule has 3 aliphatic heterocycles. The summed E-state index contributed by atoms with van der Waals surface area (Å²) >= 11 is 0. The Hall–Kier alpha value is -3.89. The van der Waals surface area contributed by atoms with Crippen molar-refractivity contribution in [1.29, 1.82) is 0 Å². The number of benzene rings is 2. The summed E-state index contributed by atoms with van der Waals surface area (Å²) in [5.41, 5.74) is 3.68. The van der Waals surface area contributed by atoms with Crippen LogP contribution < -0.4 is 10.2 Å². The van der Waals surface area contributed by atoms with Crippen LogP contribution in [-0.4, -0.2) is 76.5 Å². The first-order valence-electron chi connectivity index (χ1n) is 14.3. The van der Waals surface area contributed by atoms with E-state index >= 15 is 0 Å². The molecule has 0 saturated carbocycles. The number of amides is 2. The molecule has 2 N–H and O–H groups in total. The van der Waals surface area contributed by atoms with Gasteiger partial charge in [-0.3, -0.25) is 19.5 Å². The molecular formula is C32H35F2N5O3. The van der Waals surface area contributed by atoms with Gasteiger partial charge in [0, 0.05) is 74.5 Å². The average molecular weight is 576 g/mol. The van der Waals surface area contributed by atoms with Gasteiger partial charge in [0.2, 0.25) is 5.91 Å². The molecule has 10 heteroatoms. The second kappa shape index (κ2) is 10.7. The number of piperazine rings is 1. The molecule has 1 fully saturated rings. The number of hydrogen-bond donors (Lipinski definition) is 2. The Morgan fingerprint density at radius 1 is 1.17 bits per heavy atom. The third-order valence-electron chi connectivity index (χ3n) is 8.58. The van der Waals surface area contributed by atoms with E-state index in [9.17, 15) is 23.5 Å². The van der Waals surface area contributed by atoms with Crippen LogP contribution in [0.1, 0.15) is 53.5 Å². The first kappa shape index (κ1) is 28.2. The summed E-state index contributed by atoms with van der Waals surface area (Å²) in [6.07, 6.45) is 1.94. The SMILES string of the molecule is C[C@@H]1CN(CC(=O)N2CC(C)(C)c3ncc(Cc4ccc(F)cc4F)cc32)[C@@H](CN2Cc3cc(O)ccc3C2=O)CN1. The van der Waals surface area contributed by atoms with Gasteiger partial charge < -0.3 is 20.2 Å². The van der Waals surface area contributed by atoms with Crippen LogP contribution in [0.25, 0.3) is 0 Å². The van der Waals surface area contributed by atoms with Gasteiger partial charge in [-0.05, 0) is 53.9 Å². The minimum atomic E-state index is -0.625. The van der Waals surface area contributed by atoms with Crippen molar-refractivity contribution in [3.05, 3.63) is 88.2 Å². The second-order valence-electron chi connectivity index (χ2n) is 12.4. The predicted octanol–water partition coefficient (Wildman–Crippen LogP) is 3.60. The van der Waals surface area contributed by atoms with Crippen molar-refractivity contribution in [2.24, 2.45) is 0 Å². The highest BCUT2D eigenvalue weighted by atomic mass is 19.1. The lowest BCUT2D eigenvalue weighted by Crippen LogP contribution is -2.60. The van der Waals surface area contributed by atoms with Gasteiger partial charge in [0.05, 0.1) is 17.9 Å². The fraction of sp³-hybridized carbons (Fsp3) is 0.406. The highest BCUT2D eigenvalue weighted by Gasteiger charge is 2.41. The molecule has 8 nitrogen and oxygen atoms in total. The Bertz CT molecular complexity index is 1560. The Balaban J connectivity index is 1.20. The molecule has 0 aliphatic carbocycles. The summed E-state index contributed by atoms with van der Waals surface area (Å²) in [6.45, 7) is 9.00. The maximum Gasteiger partial charge on any atom is 0.254 e. The maximum absolute atomic E-state index is 14.4. The fourth-order valence-corrected chi connectivity index (χ4v) is 6.42. The van der Waals surface area contributed by atoms with Crippen molar-refractivity contribution in [2.75, 3.05) is 37.6 Å². The fourth-order valence-electron chi connectivity index (χ4n) is 6.42. The van der Waals surface area contributed by atoms with Crippen LogP contribution in [0.3, 0.4) is 0 Å². The number of nitrogens with one attached hydrogen (secondary N) is 1. The molecule has 42 heavy (non-hydrogen) atoms. The van der Waals surface area contributed by atoms with E-state index in [1.807, 2.05) is 6.07 Å². The van der Waals surface area contributed by atoms with Gasteiger partial charge in [0.1, 0.15) is 17.4 Å². The van der Waals surface area contributed by atoms with E-state index < -0.39 is 11.6 Å². The number of carbonyl (C=O) groups excluding carboxylic acids is 2. The zero-order valence-corrected chi connectivity index (χ0v) is 24.0. The number of hydrogen-bond acceptors (Lipinski definition) is 6. The van der Waals surface area contributed by atoms with Gasteiger partial charge in [-0.2, -0.15) is 0 Å². The highest BCUT2D eigenvalue weighted by Crippen LogP contribution is 2.40. The normalized spacial score (nSPS) is 21.5. The lowest BCUT2D eigenvalue weighted by molar-refractivity contribution is -0.120. The molecule has 2 amide bonds. The smallest absolute Gasteiger partial charge is 0.254 e. The number of aromatic nitrogens is 1. The molecule has 1 aromatic heterocycles. The third-order valence-corrected chi connectivity index (χ3v) is 8.58. The van der Waals surface area contributed by atoms with E-state index in [2.05, 4.69) is 36.0 Å². The van der Waals surface area contributed by atoms with Gasteiger partial charge in [-0.1, -0.05) is 19.9 Å². The summed E-state index contributed by atoms with van der Waals surface area (Å²) in [7, 11) is 0. The molecule has 0 spiro atoms.